The quantitative estimate of drug-likeness (QED) is 0.0222. The lowest BCUT2D eigenvalue weighted by Gasteiger charge is -2.21. The van der Waals surface area contributed by atoms with Crippen LogP contribution in [0.4, 0.5) is 0 Å². The van der Waals surface area contributed by atoms with Crippen molar-refractivity contribution in [2.45, 2.75) is 458 Å². The lowest BCUT2D eigenvalue weighted by atomic mass is 9.99. The van der Waals surface area contributed by atoms with Crippen LogP contribution in [0.15, 0.2) is 0 Å². The van der Waals surface area contributed by atoms with Crippen LogP contribution in [0, 0.1) is 17.8 Å². The molecule has 0 heterocycles. The van der Waals surface area contributed by atoms with E-state index in [-0.39, 0.29) is 25.7 Å². The molecule has 0 aliphatic carbocycles. The predicted octanol–water partition coefficient (Wildman–Crippen LogP) is 25.3. The van der Waals surface area contributed by atoms with Crippen molar-refractivity contribution in [3.63, 3.8) is 0 Å². The second kappa shape index (κ2) is 74.2. The first-order valence-corrected chi connectivity index (χ1v) is 46.4. The Kier molecular flexibility index (Phi) is 72.8. The van der Waals surface area contributed by atoms with E-state index in [2.05, 4.69) is 48.5 Å². The number of unbranched alkanes of at least 4 members (excludes halogenated alkanes) is 49. The van der Waals surface area contributed by atoms with Crippen LogP contribution in [0.2, 0.25) is 0 Å². The standard InChI is InChI=1S/C84H164O17P2/c1-8-10-11-12-13-14-15-16-17-18-22-25-28-33-38-43-51-58-65-81(86)94-71-79(100-83(88)67-60-53-44-39-34-29-26-23-20-19-21-24-27-32-37-42-50-57-64-77(7)9-2)73-98-102(90,91)96-69-78(85)70-97-103(92,93)99-74-80(72-95-82(87)66-59-52-47-46-49-56-63-76(5)6)101-84(89)68-61-54-45-40-35-30-31-36-41-48-55-62-75(3)4/h75-80,85H,8-74H2,1-7H3,(H,90,91)(H,92,93)/t77?,78-,79-,80-/m1/s1. The Morgan fingerprint density at radius 2 is 0.495 bits per heavy atom. The Bertz CT molecular complexity index is 1990. The normalized spacial score (nSPS) is 14.2. The van der Waals surface area contributed by atoms with Crippen LogP contribution in [0.25, 0.3) is 0 Å². The number of hydrogen-bond acceptors (Lipinski definition) is 15. The van der Waals surface area contributed by atoms with Gasteiger partial charge in [0, 0.05) is 25.7 Å². The molecule has 0 aliphatic heterocycles. The highest BCUT2D eigenvalue weighted by Crippen LogP contribution is 2.45. The molecule has 0 saturated heterocycles. The van der Waals surface area contributed by atoms with Crippen LogP contribution in [-0.2, 0) is 65.4 Å². The van der Waals surface area contributed by atoms with E-state index in [1.165, 1.54) is 244 Å². The zero-order valence-corrected chi connectivity index (χ0v) is 69.6. The van der Waals surface area contributed by atoms with Crippen molar-refractivity contribution in [2.24, 2.45) is 17.8 Å². The van der Waals surface area contributed by atoms with Gasteiger partial charge in [-0.15, -0.1) is 0 Å². The van der Waals surface area contributed by atoms with E-state index in [9.17, 15) is 43.2 Å². The predicted molar refractivity (Wildman–Crippen MR) is 423 cm³/mol. The van der Waals surface area contributed by atoms with E-state index in [0.29, 0.717) is 31.6 Å². The van der Waals surface area contributed by atoms with Gasteiger partial charge >= 0.3 is 39.5 Å². The maximum Gasteiger partial charge on any atom is 0.472 e. The molecule has 0 spiro atoms. The Morgan fingerprint density at radius 3 is 0.738 bits per heavy atom. The van der Waals surface area contributed by atoms with Crippen molar-refractivity contribution in [1.82, 2.24) is 0 Å². The average Bonchev–Trinajstić information content (AvgIpc) is 0.931. The molecular formula is C84H164O17P2. The fourth-order valence-electron chi connectivity index (χ4n) is 13.0. The topological polar surface area (TPSA) is 237 Å². The largest absolute Gasteiger partial charge is 0.472 e. The van der Waals surface area contributed by atoms with E-state index < -0.39 is 97.5 Å². The molecule has 0 amide bonds. The minimum atomic E-state index is -4.96. The average molecular weight is 1510 g/mol. The van der Waals surface area contributed by atoms with E-state index in [4.69, 9.17) is 37.0 Å². The molecule has 0 fully saturated rings. The van der Waals surface area contributed by atoms with Gasteiger partial charge in [0.2, 0.25) is 0 Å². The van der Waals surface area contributed by atoms with Gasteiger partial charge in [-0.05, 0) is 43.4 Å². The van der Waals surface area contributed by atoms with Gasteiger partial charge in [-0.25, -0.2) is 9.13 Å². The van der Waals surface area contributed by atoms with Gasteiger partial charge in [0.1, 0.15) is 19.3 Å². The Labute approximate surface area is 632 Å². The van der Waals surface area contributed by atoms with Crippen molar-refractivity contribution in [3.8, 4) is 0 Å². The number of carbonyl (C=O) groups excluding carboxylic acids is 4. The summed E-state index contributed by atoms with van der Waals surface area (Å²) in [5, 5.41) is 10.7. The number of aliphatic hydroxyl groups excluding tert-OH is 1. The summed E-state index contributed by atoms with van der Waals surface area (Å²) in [7, 11) is -9.92. The summed E-state index contributed by atoms with van der Waals surface area (Å²) < 4.78 is 68.8. The Hall–Kier alpha value is -1.94. The van der Waals surface area contributed by atoms with Gasteiger partial charge in [-0.3, -0.25) is 37.3 Å². The van der Waals surface area contributed by atoms with E-state index in [1.807, 2.05) is 0 Å². The molecule has 0 aromatic heterocycles. The molecule has 0 aromatic rings. The smallest absolute Gasteiger partial charge is 0.462 e. The number of phosphoric acid groups is 2. The van der Waals surface area contributed by atoms with Crippen LogP contribution in [-0.4, -0.2) is 96.7 Å². The molecule has 0 rings (SSSR count). The molecule has 6 atom stereocenters. The van der Waals surface area contributed by atoms with Gasteiger partial charge in [0.15, 0.2) is 12.2 Å². The highest BCUT2D eigenvalue weighted by molar-refractivity contribution is 7.47. The lowest BCUT2D eigenvalue weighted by molar-refractivity contribution is -0.161. The molecular weight excluding hydrogens is 1340 g/mol. The van der Waals surface area contributed by atoms with Crippen molar-refractivity contribution in [2.75, 3.05) is 39.6 Å². The minimum absolute atomic E-state index is 0.105. The summed E-state index contributed by atoms with van der Waals surface area (Å²) in [6.45, 7) is 11.9. The SMILES string of the molecule is CCCCCCCCCCCCCCCCCCCCC(=O)OC[C@H](COP(=O)(O)OC[C@@H](O)COP(=O)(O)OC[C@@H](COC(=O)CCCCCCCCC(C)C)OC(=O)CCCCCCCCCCCCCC(C)C)OC(=O)CCCCCCCCCCCCCCCCCCCCC(C)CC. The number of ether oxygens (including phenoxy) is 4. The van der Waals surface area contributed by atoms with Crippen molar-refractivity contribution >= 4 is 39.5 Å². The molecule has 3 unspecified atom stereocenters. The first-order chi connectivity index (χ1) is 49.8. The van der Waals surface area contributed by atoms with E-state index in [0.717, 1.165) is 108 Å². The lowest BCUT2D eigenvalue weighted by Crippen LogP contribution is -2.30. The first kappa shape index (κ1) is 101. The zero-order valence-electron chi connectivity index (χ0n) is 67.8. The third kappa shape index (κ3) is 76.6. The van der Waals surface area contributed by atoms with Gasteiger partial charge in [-0.1, -0.05) is 389 Å². The summed E-state index contributed by atoms with van der Waals surface area (Å²) in [5.41, 5.74) is 0. The maximum absolute atomic E-state index is 13.1. The molecule has 0 saturated carbocycles. The summed E-state index contributed by atoms with van der Waals surface area (Å²) >= 11 is 0. The van der Waals surface area contributed by atoms with Gasteiger partial charge in [0.05, 0.1) is 26.4 Å². The van der Waals surface area contributed by atoms with E-state index in [1.54, 1.807) is 0 Å². The van der Waals surface area contributed by atoms with Crippen molar-refractivity contribution in [1.29, 1.82) is 0 Å². The monoisotopic (exact) mass is 1510 g/mol. The summed E-state index contributed by atoms with van der Waals surface area (Å²) in [6.07, 6.45) is 64.1. The molecule has 3 N–H and O–H groups in total. The summed E-state index contributed by atoms with van der Waals surface area (Å²) in [6, 6.07) is 0. The molecule has 19 heteroatoms. The highest BCUT2D eigenvalue weighted by Gasteiger charge is 2.30. The molecule has 0 radical (unpaired) electrons. The number of esters is 4. The number of carbonyl (C=O) groups is 4. The molecule has 612 valence electrons. The first-order valence-electron chi connectivity index (χ1n) is 43.4. The Morgan fingerprint density at radius 1 is 0.282 bits per heavy atom. The molecule has 17 nitrogen and oxygen atoms in total. The molecule has 103 heavy (non-hydrogen) atoms. The second-order valence-electron chi connectivity index (χ2n) is 31.4. The summed E-state index contributed by atoms with van der Waals surface area (Å²) in [5.74, 6) is 0.205. The van der Waals surface area contributed by atoms with Gasteiger partial charge in [-0.2, -0.15) is 0 Å². The molecule has 0 bridgehead atoms. The van der Waals surface area contributed by atoms with Crippen molar-refractivity contribution in [3.05, 3.63) is 0 Å². The zero-order chi connectivity index (χ0) is 75.8. The number of hydrogen-bond donors (Lipinski definition) is 3. The van der Waals surface area contributed by atoms with Crippen LogP contribution < -0.4 is 0 Å². The summed E-state index contributed by atoms with van der Waals surface area (Å²) in [4.78, 5) is 73.1. The highest BCUT2D eigenvalue weighted by atomic mass is 31.2. The minimum Gasteiger partial charge on any atom is -0.462 e. The van der Waals surface area contributed by atoms with Crippen LogP contribution in [0.1, 0.15) is 440 Å². The third-order valence-corrected chi connectivity index (χ3v) is 21.9. The number of aliphatic hydroxyl groups is 1. The second-order valence-corrected chi connectivity index (χ2v) is 34.3. The van der Waals surface area contributed by atoms with Crippen LogP contribution >= 0.6 is 15.6 Å². The molecule has 0 aliphatic rings. The Balaban J connectivity index is 5.21. The van der Waals surface area contributed by atoms with Crippen LogP contribution in [0.3, 0.4) is 0 Å². The van der Waals surface area contributed by atoms with Gasteiger partial charge in [0.25, 0.3) is 0 Å². The van der Waals surface area contributed by atoms with Gasteiger partial charge < -0.3 is 33.8 Å². The maximum atomic E-state index is 13.1. The molecule has 0 aromatic carbocycles. The number of phosphoric ester groups is 2. The third-order valence-electron chi connectivity index (χ3n) is 20.0. The van der Waals surface area contributed by atoms with Crippen LogP contribution in [0.5, 0.6) is 0 Å². The fourth-order valence-corrected chi connectivity index (χ4v) is 14.6. The fraction of sp³-hybridized carbons (Fsp3) is 0.952. The van der Waals surface area contributed by atoms with Crippen molar-refractivity contribution < 1.29 is 80.2 Å². The van der Waals surface area contributed by atoms with E-state index >= 15 is 0 Å². The number of rotatable bonds is 82.